The number of fused-ring (bicyclic) bond motifs is 1. The SMILES string of the molecule is C1CC2CCOC2O1.CC(C)CN(CC[C@H](Cc1ccccc1)NC(=O)O)S(=O)(=O)c1ccc(N)cc1.CCC. The minimum atomic E-state index is -3.71. The molecule has 4 N–H and O–H groups in total. The van der Waals surface area contributed by atoms with Crippen molar-refractivity contribution in [1.82, 2.24) is 9.62 Å². The zero-order valence-electron chi connectivity index (χ0n) is 24.3. The van der Waals surface area contributed by atoms with E-state index in [-0.39, 0.29) is 23.6 Å². The van der Waals surface area contributed by atoms with E-state index < -0.39 is 22.2 Å². The van der Waals surface area contributed by atoms with E-state index in [4.69, 9.17) is 15.2 Å². The number of ether oxygens (including phenoxy) is 2. The second kappa shape index (κ2) is 17.2. The number of benzene rings is 2. The Hall–Kier alpha value is -2.66. The van der Waals surface area contributed by atoms with Crippen LogP contribution in [0.5, 0.6) is 0 Å². The normalized spacial score (nSPS) is 18.8. The number of anilines is 1. The molecule has 0 radical (unpaired) electrons. The van der Waals surface area contributed by atoms with Crippen LogP contribution in [0.25, 0.3) is 0 Å². The molecule has 10 heteroatoms. The molecule has 2 fully saturated rings. The second-order valence-electron chi connectivity index (χ2n) is 10.6. The molecule has 224 valence electrons. The monoisotopic (exact) mass is 577 g/mol. The summed E-state index contributed by atoms with van der Waals surface area (Å²) in [5, 5.41) is 11.7. The summed E-state index contributed by atoms with van der Waals surface area (Å²) in [5.41, 5.74) is 7.15. The van der Waals surface area contributed by atoms with Crippen molar-refractivity contribution < 1.29 is 27.8 Å². The van der Waals surface area contributed by atoms with E-state index in [1.165, 1.54) is 35.7 Å². The van der Waals surface area contributed by atoms with Crippen LogP contribution in [0.1, 0.15) is 58.9 Å². The van der Waals surface area contributed by atoms with Crippen LogP contribution >= 0.6 is 0 Å². The molecule has 2 aromatic carbocycles. The number of amides is 1. The third-order valence-electron chi connectivity index (χ3n) is 6.39. The molecular weight excluding hydrogens is 530 g/mol. The molecular formula is C30H47N3O6S. The summed E-state index contributed by atoms with van der Waals surface area (Å²) in [4.78, 5) is 11.4. The van der Waals surface area contributed by atoms with E-state index in [9.17, 15) is 18.3 Å². The summed E-state index contributed by atoms with van der Waals surface area (Å²) in [7, 11) is -3.71. The standard InChI is InChI=1S/C21H29N3O4S.C6H10O2.C3H8/c1-16(2)15-24(29(27,28)20-10-8-18(22)9-11-20)13-12-19(23-21(25)26)14-17-6-4-3-5-7-17;1-3-7-6-5(1)2-4-8-6;1-3-2/h3-11,16,19,23H,12-15,22H2,1-2H3,(H,25,26);5-6H,1-4H2;3H2,1-2H3/t19-;;/m1../s1. The second-order valence-corrected chi connectivity index (χ2v) is 12.5. The van der Waals surface area contributed by atoms with E-state index in [1.54, 1.807) is 12.1 Å². The first-order valence-corrected chi connectivity index (χ1v) is 15.6. The zero-order chi connectivity index (χ0) is 29.5. The van der Waals surface area contributed by atoms with E-state index in [0.717, 1.165) is 24.7 Å². The Kier molecular flexibility index (Phi) is 14.4. The number of hydrogen-bond acceptors (Lipinski definition) is 6. The minimum absolute atomic E-state index is 0.124. The first kappa shape index (κ1) is 33.5. The zero-order valence-corrected chi connectivity index (χ0v) is 25.1. The summed E-state index contributed by atoms with van der Waals surface area (Å²) in [6, 6.07) is 15.2. The lowest BCUT2D eigenvalue weighted by Crippen LogP contribution is -2.41. The van der Waals surface area contributed by atoms with Gasteiger partial charge in [-0.2, -0.15) is 4.31 Å². The van der Waals surface area contributed by atoms with Crippen molar-refractivity contribution in [1.29, 1.82) is 0 Å². The van der Waals surface area contributed by atoms with Crippen LogP contribution in [0.15, 0.2) is 59.5 Å². The van der Waals surface area contributed by atoms with Crippen LogP contribution in [0.4, 0.5) is 10.5 Å². The summed E-state index contributed by atoms with van der Waals surface area (Å²) in [5.74, 6) is 0.855. The van der Waals surface area contributed by atoms with Gasteiger partial charge in [-0.1, -0.05) is 64.4 Å². The largest absolute Gasteiger partial charge is 0.465 e. The molecule has 1 amide bonds. The molecule has 0 aliphatic carbocycles. The van der Waals surface area contributed by atoms with Crippen molar-refractivity contribution in [3.63, 3.8) is 0 Å². The van der Waals surface area contributed by atoms with Gasteiger partial charge in [0.2, 0.25) is 10.0 Å². The number of carbonyl (C=O) groups is 1. The lowest BCUT2D eigenvalue weighted by Gasteiger charge is -2.26. The van der Waals surface area contributed by atoms with Gasteiger partial charge in [0.05, 0.1) is 18.1 Å². The molecule has 0 aromatic heterocycles. The number of nitrogens with one attached hydrogen (secondary N) is 1. The number of rotatable bonds is 10. The quantitative estimate of drug-likeness (QED) is 0.324. The molecule has 0 saturated carbocycles. The number of sulfonamides is 1. The Morgan fingerprint density at radius 2 is 1.62 bits per heavy atom. The molecule has 2 aliphatic heterocycles. The average molecular weight is 578 g/mol. The fourth-order valence-corrected chi connectivity index (χ4v) is 6.13. The summed E-state index contributed by atoms with van der Waals surface area (Å²) in [6.07, 6.45) is 3.58. The molecule has 0 spiro atoms. The van der Waals surface area contributed by atoms with Crippen molar-refractivity contribution in [3.05, 3.63) is 60.2 Å². The Balaban J connectivity index is 0.000000419. The Morgan fingerprint density at radius 3 is 2.12 bits per heavy atom. The van der Waals surface area contributed by atoms with E-state index >= 15 is 0 Å². The fourth-order valence-electron chi connectivity index (χ4n) is 4.51. The summed E-state index contributed by atoms with van der Waals surface area (Å²) < 4.78 is 38.2. The van der Waals surface area contributed by atoms with Gasteiger partial charge in [-0.05, 0) is 61.4 Å². The Labute approximate surface area is 240 Å². The van der Waals surface area contributed by atoms with Crippen LogP contribution in [-0.2, 0) is 25.9 Å². The molecule has 0 unspecified atom stereocenters. The molecule has 0 bridgehead atoms. The first-order chi connectivity index (χ1) is 19.1. The third kappa shape index (κ3) is 11.4. The maximum absolute atomic E-state index is 13.1. The molecule has 2 heterocycles. The molecule has 40 heavy (non-hydrogen) atoms. The van der Waals surface area contributed by atoms with Gasteiger partial charge in [-0.15, -0.1) is 0 Å². The fraction of sp³-hybridized carbons (Fsp3) is 0.567. The number of hydrogen-bond donors (Lipinski definition) is 3. The van der Waals surface area contributed by atoms with Crippen molar-refractivity contribution in [2.75, 3.05) is 32.0 Å². The van der Waals surface area contributed by atoms with Crippen molar-refractivity contribution in [2.24, 2.45) is 11.8 Å². The summed E-state index contributed by atoms with van der Waals surface area (Å²) >= 11 is 0. The van der Waals surface area contributed by atoms with Gasteiger partial charge >= 0.3 is 6.09 Å². The first-order valence-electron chi connectivity index (χ1n) is 14.2. The van der Waals surface area contributed by atoms with Crippen molar-refractivity contribution in [2.45, 2.75) is 77.0 Å². The Morgan fingerprint density at radius 1 is 1.05 bits per heavy atom. The van der Waals surface area contributed by atoms with Gasteiger partial charge in [0.15, 0.2) is 6.29 Å². The molecule has 1 atom stereocenters. The van der Waals surface area contributed by atoms with Crippen LogP contribution in [0.3, 0.4) is 0 Å². The van der Waals surface area contributed by atoms with Crippen molar-refractivity contribution in [3.8, 4) is 0 Å². The minimum Gasteiger partial charge on any atom is -0.465 e. The van der Waals surface area contributed by atoms with E-state index in [1.807, 2.05) is 44.2 Å². The highest BCUT2D eigenvalue weighted by atomic mass is 32.2. The number of nitrogen functional groups attached to an aromatic ring is 1. The van der Waals surface area contributed by atoms with Gasteiger partial charge in [0, 0.05) is 30.7 Å². The Bertz CT molecular complexity index is 1080. The van der Waals surface area contributed by atoms with Crippen LogP contribution in [0.2, 0.25) is 0 Å². The van der Waals surface area contributed by atoms with Gasteiger partial charge < -0.3 is 25.6 Å². The maximum Gasteiger partial charge on any atom is 0.404 e. The predicted molar refractivity (Wildman–Crippen MR) is 159 cm³/mol. The summed E-state index contributed by atoms with van der Waals surface area (Å²) in [6.45, 7) is 10.5. The molecule has 2 saturated heterocycles. The lowest BCUT2D eigenvalue weighted by molar-refractivity contribution is -0.0904. The van der Waals surface area contributed by atoms with Crippen LogP contribution in [-0.4, -0.2) is 62.6 Å². The third-order valence-corrected chi connectivity index (χ3v) is 8.27. The van der Waals surface area contributed by atoms with Gasteiger partial charge in [-0.3, -0.25) is 0 Å². The predicted octanol–water partition coefficient (Wildman–Crippen LogP) is 5.37. The van der Waals surface area contributed by atoms with Crippen molar-refractivity contribution >= 4 is 21.8 Å². The molecule has 2 aromatic rings. The lowest BCUT2D eigenvalue weighted by atomic mass is 10.0. The maximum atomic E-state index is 13.1. The highest BCUT2D eigenvalue weighted by Gasteiger charge is 2.33. The van der Waals surface area contributed by atoms with Gasteiger partial charge in [0.25, 0.3) is 0 Å². The van der Waals surface area contributed by atoms with Gasteiger partial charge in [0.1, 0.15) is 0 Å². The average Bonchev–Trinajstić information content (AvgIpc) is 3.53. The molecule has 9 nitrogen and oxygen atoms in total. The highest BCUT2D eigenvalue weighted by molar-refractivity contribution is 7.89. The number of nitrogens with zero attached hydrogens (tertiary/aromatic N) is 1. The number of nitrogens with two attached hydrogens (primary N) is 1. The smallest absolute Gasteiger partial charge is 0.404 e. The van der Waals surface area contributed by atoms with Crippen LogP contribution in [0, 0.1) is 11.8 Å². The topological polar surface area (TPSA) is 131 Å². The van der Waals surface area contributed by atoms with Gasteiger partial charge in [-0.25, -0.2) is 13.2 Å². The number of carboxylic acid groups (broad SMARTS) is 1. The molecule has 2 aliphatic rings. The molecule has 4 rings (SSSR count). The van der Waals surface area contributed by atoms with Crippen LogP contribution < -0.4 is 11.1 Å². The highest BCUT2D eigenvalue weighted by Crippen LogP contribution is 2.30. The van der Waals surface area contributed by atoms with E-state index in [0.29, 0.717) is 25.1 Å². The van der Waals surface area contributed by atoms with E-state index in [2.05, 4.69) is 19.2 Å².